The summed E-state index contributed by atoms with van der Waals surface area (Å²) < 4.78 is 6.84. The fraction of sp³-hybridized carbons (Fsp3) is 0.154. The van der Waals surface area contributed by atoms with Crippen LogP contribution < -0.4 is 5.32 Å². The van der Waals surface area contributed by atoms with Gasteiger partial charge in [-0.25, -0.2) is 9.48 Å². The van der Waals surface area contributed by atoms with Gasteiger partial charge in [0.15, 0.2) is 5.69 Å². The van der Waals surface area contributed by atoms with Crippen molar-refractivity contribution < 1.29 is 14.3 Å². The second-order valence-electron chi connectivity index (χ2n) is 7.45. The fourth-order valence-electron chi connectivity index (χ4n) is 3.47. The average Bonchev–Trinajstić information content (AvgIpc) is 3.29. The first-order valence-corrected chi connectivity index (χ1v) is 10.7. The minimum atomic E-state index is -0.474. The molecule has 0 aliphatic carbocycles. The zero-order valence-corrected chi connectivity index (χ0v) is 18.5. The predicted molar refractivity (Wildman–Crippen MR) is 125 cm³/mol. The molecule has 0 atom stereocenters. The first-order chi connectivity index (χ1) is 16.1. The summed E-state index contributed by atoms with van der Waals surface area (Å²) >= 11 is 0. The molecule has 0 aliphatic rings. The standard InChI is InChI=1S/C26H24N4O3/c1-3-33-26(32)23-16-24(22-7-5-4-6-18(22)2)30(29-23)21-10-8-20(9-11-21)25(31)28-17-19-12-14-27-15-13-19/h4-16H,3,17H2,1-2H3,(H,28,31). The summed E-state index contributed by atoms with van der Waals surface area (Å²) in [5, 5.41) is 7.40. The van der Waals surface area contributed by atoms with Crippen molar-refractivity contribution >= 4 is 11.9 Å². The fourth-order valence-corrected chi connectivity index (χ4v) is 3.47. The van der Waals surface area contributed by atoms with E-state index in [0.717, 1.165) is 28.1 Å². The molecule has 2 aromatic heterocycles. The lowest BCUT2D eigenvalue weighted by atomic mass is 10.1. The molecule has 1 amide bonds. The van der Waals surface area contributed by atoms with Crippen LogP contribution in [0.15, 0.2) is 79.1 Å². The molecule has 4 rings (SSSR count). The summed E-state index contributed by atoms with van der Waals surface area (Å²) in [6.07, 6.45) is 3.38. The number of aryl methyl sites for hydroxylation is 1. The minimum absolute atomic E-state index is 0.176. The molecule has 0 spiro atoms. The van der Waals surface area contributed by atoms with Crippen molar-refractivity contribution in [2.45, 2.75) is 20.4 Å². The number of amides is 1. The molecule has 2 aromatic carbocycles. The van der Waals surface area contributed by atoms with E-state index in [9.17, 15) is 9.59 Å². The van der Waals surface area contributed by atoms with Crippen LogP contribution in [-0.2, 0) is 11.3 Å². The van der Waals surface area contributed by atoms with Gasteiger partial charge in [0.05, 0.1) is 18.0 Å². The van der Waals surface area contributed by atoms with Gasteiger partial charge in [0, 0.05) is 30.1 Å². The van der Waals surface area contributed by atoms with E-state index in [1.807, 2.05) is 55.5 Å². The van der Waals surface area contributed by atoms with Crippen LogP contribution in [0.1, 0.15) is 38.9 Å². The number of ether oxygens (including phenoxy) is 1. The Bertz CT molecular complexity index is 1260. The van der Waals surface area contributed by atoms with Gasteiger partial charge in [0.2, 0.25) is 0 Å². The molecule has 0 unspecified atom stereocenters. The van der Waals surface area contributed by atoms with Gasteiger partial charge in [-0.05, 0) is 67.4 Å². The number of hydrogen-bond donors (Lipinski definition) is 1. The molecule has 0 fully saturated rings. The molecule has 0 bridgehead atoms. The highest BCUT2D eigenvalue weighted by molar-refractivity contribution is 5.94. The summed E-state index contributed by atoms with van der Waals surface area (Å²) in [7, 11) is 0. The molecule has 7 heteroatoms. The van der Waals surface area contributed by atoms with Gasteiger partial charge in [0.1, 0.15) is 0 Å². The quantitative estimate of drug-likeness (QED) is 0.432. The van der Waals surface area contributed by atoms with Crippen LogP contribution in [0.3, 0.4) is 0 Å². The Labute approximate surface area is 192 Å². The number of hydrogen-bond acceptors (Lipinski definition) is 5. The van der Waals surface area contributed by atoms with Crippen LogP contribution >= 0.6 is 0 Å². The number of rotatable bonds is 7. The van der Waals surface area contributed by atoms with E-state index in [1.165, 1.54) is 0 Å². The number of carbonyl (C=O) groups excluding carboxylic acids is 2. The smallest absolute Gasteiger partial charge is 0.358 e. The van der Waals surface area contributed by atoms with Gasteiger partial charge in [-0.2, -0.15) is 5.10 Å². The van der Waals surface area contributed by atoms with Crippen LogP contribution in [0, 0.1) is 6.92 Å². The third-order valence-electron chi connectivity index (χ3n) is 5.19. The maximum absolute atomic E-state index is 12.6. The Balaban J connectivity index is 1.62. The largest absolute Gasteiger partial charge is 0.461 e. The summed E-state index contributed by atoms with van der Waals surface area (Å²) in [6, 6.07) is 20.4. The molecule has 1 N–H and O–H groups in total. The maximum Gasteiger partial charge on any atom is 0.358 e. The molecular weight excluding hydrogens is 416 g/mol. The Morgan fingerprint density at radius 3 is 2.42 bits per heavy atom. The minimum Gasteiger partial charge on any atom is -0.461 e. The lowest BCUT2D eigenvalue weighted by molar-refractivity contribution is 0.0519. The molecule has 33 heavy (non-hydrogen) atoms. The zero-order valence-electron chi connectivity index (χ0n) is 18.5. The molecule has 0 saturated heterocycles. The highest BCUT2D eigenvalue weighted by atomic mass is 16.5. The number of nitrogens with zero attached hydrogens (tertiary/aromatic N) is 3. The Morgan fingerprint density at radius 2 is 1.73 bits per heavy atom. The highest BCUT2D eigenvalue weighted by Gasteiger charge is 2.19. The van der Waals surface area contributed by atoms with Crippen molar-refractivity contribution in [1.29, 1.82) is 0 Å². The van der Waals surface area contributed by atoms with E-state index >= 15 is 0 Å². The summed E-state index contributed by atoms with van der Waals surface area (Å²) in [5.74, 6) is -0.650. The van der Waals surface area contributed by atoms with Crippen molar-refractivity contribution in [3.63, 3.8) is 0 Å². The SMILES string of the molecule is CCOC(=O)c1cc(-c2ccccc2C)n(-c2ccc(C(=O)NCc3ccncc3)cc2)n1. The summed E-state index contributed by atoms with van der Waals surface area (Å²) in [4.78, 5) is 28.9. The van der Waals surface area contributed by atoms with Crippen LogP contribution in [0.25, 0.3) is 16.9 Å². The third-order valence-corrected chi connectivity index (χ3v) is 5.19. The normalized spacial score (nSPS) is 10.6. The molecule has 4 aromatic rings. The number of carbonyl (C=O) groups is 2. The van der Waals surface area contributed by atoms with E-state index in [0.29, 0.717) is 12.1 Å². The van der Waals surface area contributed by atoms with Crippen molar-refractivity contribution in [3.05, 3.63) is 102 Å². The van der Waals surface area contributed by atoms with Gasteiger partial charge >= 0.3 is 5.97 Å². The Kier molecular flexibility index (Phi) is 6.59. The maximum atomic E-state index is 12.6. The van der Waals surface area contributed by atoms with Crippen LogP contribution in [-0.4, -0.2) is 33.2 Å². The molecule has 0 radical (unpaired) electrons. The lowest BCUT2D eigenvalue weighted by Gasteiger charge is -2.11. The van der Waals surface area contributed by atoms with Crippen molar-refractivity contribution in [3.8, 4) is 16.9 Å². The van der Waals surface area contributed by atoms with E-state index in [-0.39, 0.29) is 18.2 Å². The van der Waals surface area contributed by atoms with Crippen molar-refractivity contribution in [2.75, 3.05) is 6.61 Å². The number of aromatic nitrogens is 3. The van der Waals surface area contributed by atoms with E-state index in [2.05, 4.69) is 15.4 Å². The molecule has 0 aliphatic heterocycles. The first-order valence-electron chi connectivity index (χ1n) is 10.7. The highest BCUT2D eigenvalue weighted by Crippen LogP contribution is 2.27. The lowest BCUT2D eigenvalue weighted by Crippen LogP contribution is -2.22. The average molecular weight is 441 g/mol. The topological polar surface area (TPSA) is 86.1 Å². The number of benzene rings is 2. The van der Waals surface area contributed by atoms with E-state index in [4.69, 9.17) is 4.74 Å². The number of nitrogens with one attached hydrogen (secondary N) is 1. The van der Waals surface area contributed by atoms with Gasteiger partial charge in [-0.1, -0.05) is 24.3 Å². The Morgan fingerprint density at radius 1 is 1.00 bits per heavy atom. The van der Waals surface area contributed by atoms with Gasteiger partial charge < -0.3 is 10.1 Å². The van der Waals surface area contributed by atoms with Crippen LogP contribution in [0.4, 0.5) is 0 Å². The van der Waals surface area contributed by atoms with Gasteiger partial charge in [0.25, 0.3) is 5.91 Å². The third kappa shape index (κ3) is 4.98. The Hall–Kier alpha value is -4.26. The van der Waals surface area contributed by atoms with Crippen LogP contribution in [0.2, 0.25) is 0 Å². The molecule has 2 heterocycles. The second-order valence-corrected chi connectivity index (χ2v) is 7.45. The number of pyridine rings is 1. The van der Waals surface area contributed by atoms with Gasteiger partial charge in [-0.3, -0.25) is 9.78 Å². The monoisotopic (exact) mass is 440 g/mol. The van der Waals surface area contributed by atoms with Crippen molar-refractivity contribution in [1.82, 2.24) is 20.1 Å². The summed E-state index contributed by atoms with van der Waals surface area (Å²) in [5.41, 5.74) is 5.25. The predicted octanol–water partition coefficient (Wildman–Crippen LogP) is 4.35. The molecule has 166 valence electrons. The molecular formula is C26H24N4O3. The zero-order chi connectivity index (χ0) is 23.2. The molecule has 0 saturated carbocycles. The summed E-state index contributed by atoms with van der Waals surface area (Å²) in [6.45, 7) is 4.46. The van der Waals surface area contributed by atoms with E-state index < -0.39 is 5.97 Å². The van der Waals surface area contributed by atoms with E-state index in [1.54, 1.807) is 42.2 Å². The first kappa shape index (κ1) is 22.0. The van der Waals surface area contributed by atoms with Crippen LogP contribution in [0.5, 0.6) is 0 Å². The second kappa shape index (κ2) is 9.91. The molecule has 7 nitrogen and oxygen atoms in total. The van der Waals surface area contributed by atoms with Gasteiger partial charge in [-0.15, -0.1) is 0 Å². The van der Waals surface area contributed by atoms with Crippen molar-refractivity contribution in [2.24, 2.45) is 0 Å². The number of esters is 1.